The fourth-order valence-electron chi connectivity index (χ4n) is 2.49. The summed E-state index contributed by atoms with van der Waals surface area (Å²) in [7, 11) is 0. The van der Waals surface area contributed by atoms with Crippen LogP contribution < -0.4 is 10.6 Å². The molecule has 164 valence electrons. The van der Waals surface area contributed by atoms with Crippen LogP contribution in [0.1, 0.15) is 48.4 Å². The van der Waals surface area contributed by atoms with Gasteiger partial charge in [0.1, 0.15) is 0 Å². The van der Waals surface area contributed by atoms with Crippen molar-refractivity contribution >= 4 is 35.0 Å². The average molecular weight is 429 g/mol. The molecular formula is C21H23N3O7. The molecule has 0 spiro atoms. The molecule has 31 heavy (non-hydrogen) atoms. The van der Waals surface area contributed by atoms with Crippen molar-refractivity contribution in [3.63, 3.8) is 0 Å². The molecule has 2 rings (SSSR count). The maximum absolute atomic E-state index is 12.4. The smallest absolute Gasteiger partial charge is 0.338 e. The van der Waals surface area contributed by atoms with Gasteiger partial charge >= 0.3 is 18.0 Å². The van der Waals surface area contributed by atoms with Crippen molar-refractivity contribution in [2.75, 3.05) is 10.6 Å². The normalized spacial score (nSPS) is 10.5. The number of nitrogens with one attached hydrogen (secondary N) is 2. The van der Waals surface area contributed by atoms with Crippen molar-refractivity contribution in [3.05, 3.63) is 63.7 Å². The van der Waals surface area contributed by atoms with E-state index in [-0.39, 0.29) is 40.4 Å². The van der Waals surface area contributed by atoms with Gasteiger partial charge in [-0.2, -0.15) is 0 Å². The van der Waals surface area contributed by atoms with E-state index in [0.29, 0.717) is 0 Å². The summed E-state index contributed by atoms with van der Waals surface area (Å²) < 4.78 is 10.3. The lowest BCUT2D eigenvalue weighted by Crippen LogP contribution is -2.21. The second-order valence-corrected chi connectivity index (χ2v) is 7.09. The Labute approximate surface area is 178 Å². The van der Waals surface area contributed by atoms with Crippen LogP contribution in [-0.4, -0.2) is 35.1 Å². The molecule has 0 fully saturated rings. The highest BCUT2D eigenvalue weighted by Gasteiger charge is 2.18. The Morgan fingerprint density at radius 2 is 1.35 bits per heavy atom. The summed E-state index contributed by atoms with van der Waals surface area (Å²) in [4.78, 5) is 47.3. The molecule has 2 aromatic rings. The first kappa shape index (κ1) is 23.3. The van der Waals surface area contributed by atoms with Gasteiger partial charge in [-0.15, -0.1) is 0 Å². The predicted octanol–water partition coefficient (Wildman–Crippen LogP) is 4.37. The Morgan fingerprint density at radius 1 is 0.839 bits per heavy atom. The van der Waals surface area contributed by atoms with Crippen LogP contribution in [0.3, 0.4) is 0 Å². The standard InChI is InChI=1S/C21H23N3O7/c1-12(2)30-19(25)14-8-15(20(26)31-13(3)4)10-17(9-14)23-21(27)22-16-6-5-7-18(11-16)24(28)29/h5-13H,1-4H3,(H2,22,23,27). The third-order valence-corrected chi connectivity index (χ3v) is 3.66. The van der Waals surface area contributed by atoms with Gasteiger partial charge in [0.15, 0.2) is 0 Å². The lowest BCUT2D eigenvalue weighted by Gasteiger charge is -2.13. The number of urea groups is 1. The van der Waals surface area contributed by atoms with E-state index in [2.05, 4.69) is 10.6 Å². The Hall–Kier alpha value is -3.95. The molecular weight excluding hydrogens is 406 g/mol. The summed E-state index contributed by atoms with van der Waals surface area (Å²) >= 11 is 0. The van der Waals surface area contributed by atoms with Crippen LogP contribution in [0.15, 0.2) is 42.5 Å². The summed E-state index contributed by atoms with van der Waals surface area (Å²) in [6, 6.07) is 8.69. The minimum Gasteiger partial charge on any atom is -0.459 e. The van der Waals surface area contributed by atoms with Crippen LogP contribution in [0.25, 0.3) is 0 Å². The van der Waals surface area contributed by atoms with E-state index in [4.69, 9.17) is 9.47 Å². The number of nitro groups is 1. The molecule has 0 heterocycles. The first-order valence-corrected chi connectivity index (χ1v) is 9.44. The number of anilines is 2. The zero-order valence-corrected chi connectivity index (χ0v) is 17.5. The van der Waals surface area contributed by atoms with Crippen LogP contribution in [0, 0.1) is 10.1 Å². The fourth-order valence-corrected chi connectivity index (χ4v) is 2.49. The Bertz CT molecular complexity index is 962. The monoisotopic (exact) mass is 429 g/mol. The van der Waals surface area contributed by atoms with E-state index in [0.717, 1.165) is 0 Å². The van der Waals surface area contributed by atoms with Crippen LogP contribution in [0.4, 0.5) is 21.9 Å². The number of amides is 2. The molecule has 0 aliphatic carbocycles. The van der Waals surface area contributed by atoms with E-state index >= 15 is 0 Å². The summed E-state index contributed by atoms with van der Waals surface area (Å²) in [6.07, 6.45) is -0.764. The summed E-state index contributed by atoms with van der Waals surface area (Å²) in [5.74, 6) is -1.34. The maximum atomic E-state index is 12.4. The van der Waals surface area contributed by atoms with Crippen LogP contribution in [0.5, 0.6) is 0 Å². The van der Waals surface area contributed by atoms with E-state index < -0.39 is 22.9 Å². The van der Waals surface area contributed by atoms with E-state index in [1.54, 1.807) is 27.7 Å². The van der Waals surface area contributed by atoms with Gasteiger partial charge < -0.3 is 20.1 Å². The number of non-ortho nitro benzene ring substituents is 1. The third kappa shape index (κ3) is 7.11. The molecule has 0 aliphatic rings. The highest BCUT2D eigenvalue weighted by atomic mass is 16.6. The predicted molar refractivity (Wildman–Crippen MR) is 113 cm³/mol. The summed E-state index contributed by atoms with van der Waals surface area (Å²) in [5.41, 5.74) is 0.253. The minimum absolute atomic E-state index is 0.0533. The van der Waals surface area contributed by atoms with Crippen molar-refractivity contribution < 1.29 is 28.8 Å². The molecule has 0 aliphatic heterocycles. The van der Waals surface area contributed by atoms with Crippen molar-refractivity contribution in [1.82, 2.24) is 0 Å². The number of hydrogen-bond donors (Lipinski definition) is 2. The number of nitrogens with zero attached hydrogens (tertiary/aromatic N) is 1. The molecule has 0 radical (unpaired) electrons. The Balaban J connectivity index is 2.27. The molecule has 0 bridgehead atoms. The molecule has 2 amide bonds. The van der Waals surface area contributed by atoms with Crippen LogP contribution >= 0.6 is 0 Å². The molecule has 0 saturated heterocycles. The van der Waals surface area contributed by atoms with Crippen LogP contribution in [0.2, 0.25) is 0 Å². The number of esters is 2. The van der Waals surface area contributed by atoms with Gasteiger partial charge in [-0.05, 0) is 52.0 Å². The number of ether oxygens (including phenoxy) is 2. The third-order valence-electron chi connectivity index (χ3n) is 3.66. The van der Waals surface area contributed by atoms with Gasteiger partial charge in [0.05, 0.1) is 28.3 Å². The Kier molecular flexibility index (Phi) is 7.67. The van der Waals surface area contributed by atoms with Gasteiger partial charge in [-0.25, -0.2) is 14.4 Å². The van der Waals surface area contributed by atoms with Crippen LogP contribution in [-0.2, 0) is 9.47 Å². The minimum atomic E-state index is -0.724. The van der Waals surface area contributed by atoms with Gasteiger partial charge in [0, 0.05) is 23.5 Å². The highest BCUT2D eigenvalue weighted by molar-refractivity contribution is 6.03. The quantitative estimate of drug-likeness (QED) is 0.379. The van der Waals surface area contributed by atoms with Gasteiger partial charge in [-0.1, -0.05) is 6.07 Å². The first-order valence-electron chi connectivity index (χ1n) is 9.44. The SMILES string of the molecule is CC(C)OC(=O)c1cc(NC(=O)Nc2cccc([N+](=O)[O-])c2)cc(C(=O)OC(C)C)c1. The molecule has 0 saturated carbocycles. The fraction of sp³-hybridized carbons (Fsp3) is 0.286. The van der Waals surface area contributed by atoms with Crippen molar-refractivity contribution in [2.45, 2.75) is 39.9 Å². The van der Waals surface area contributed by atoms with Crippen molar-refractivity contribution in [2.24, 2.45) is 0 Å². The number of carbonyl (C=O) groups is 3. The van der Waals surface area contributed by atoms with E-state index in [1.807, 2.05) is 0 Å². The summed E-state index contributed by atoms with van der Waals surface area (Å²) in [5, 5.41) is 15.8. The molecule has 10 heteroatoms. The van der Waals surface area contributed by atoms with Gasteiger partial charge in [0.25, 0.3) is 5.69 Å². The second-order valence-electron chi connectivity index (χ2n) is 7.09. The molecule has 10 nitrogen and oxygen atoms in total. The average Bonchev–Trinajstić information content (AvgIpc) is 2.66. The van der Waals surface area contributed by atoms with Crippen molar-refractivity contribution in [3.8, 4) is 0 Å². The Morgan fingerprint density at radius 3 is 1.84 bits per heavy atom. The molecule has 0 atom stereocenters. The largest absolute Gasteiger partial charge is 0.459 e. The van der Waals surface area contributed by atoms with E-state index in [1.165, 1.54) is 42.5 Å². The van der Waals surface area contributed by atoms with E-state index in [9.17, 15) is 24.5 Å². The molecule has 2 aromatic carbocycles. The summed E-state index contributed by atoms with van der Waals surface area (Å²) in [6.45, 7) is 6.72. The molecule has 2 N–H and O–H groups in total. The number of rotatable bonds is 7. The number of benzene rings is 2. The van der Waals surface area contributed by atoms with Gasteiger partial charge in [0.2, 0.25) is 0 Å². The maximum Gasteiger partial charge on any atom is 0.338 e. The van der Waals surface area contributed by atoms with Crippen molar-refractivity contribution in [1.29, 1.82) is 0 Å². The lowest BCUT2D eigenvalue weighted by atomic mass is 10.1. The highest BCUT2D eigenvalue weighted by Crippen LogP contribution is 2.20. The molecule has 0 unspecified atom stereocenters. The number of carbonyl (C=O) groups excluding carboxylic acids is 3. The zero-order valence-electron chi connectivity index (χ0n) is 17.5. The van der Waals surface area contributed by atoms with Gasteiger partial charge in [-0.3, -0.25) is 10.1 Å². The topological polar surface area (TPSA) is 137 Å². The molecule has 0 aromatic heterocycles. The number of hydrogen-bond acceptors (Lipinski definition) is 7. The lowest BCUT2D eigenvalue weighted by molar-refractivity contribution is -0.384. The number of nitro benzene ring substituents is 1. The second kappa shape index (κ2) is 10.2. The zero-order chi connectivity index (χ0) is 23.1. The first-order chi connectivity index (χ1) is 14.5.